The van der Waals surface area contributed by atoms with Gasteiger partial charge in [0.15, 0.2) is 0 Å². The second-order valence-electron chi connectivity index (χ2n) is 6.50. The minimum absolute atomic E-state index is 0.0411. The first kappa shape index (κ1) is 15.3. The molecule has 22 heavy (non-hydrogen) atoms. The van der Waals surface area contributed by atoms with Gasteiger partial charge in [-0.1, -0.05) is 43.0 Å². The molecule has 1 aromatic carbocycles. The van der Waals surface area contributed by atoms with Crippen molar-refractivity contribution < 1.29 is 4.79 Å². The number of amides is 1. The number of hydrogen-bond donors (Lipinski definition) is 1. The lowest BCUT2D eigenvalue weighted by Crippen LogP contribution is -2.46. The molecule has 0 bridgehead atoms. The van der Waals surface area contributed by atoms with Crippen molar-refractivity contribution in [1.82, 2.24) is 5.32 Å². The Morgan fingerprint density at radius 2 is 1.91 bits per heavy atom. The summed E-state index contributed by atoms with van der Waals surface area (Å²) in [6, 6.07) is 10.8. The number of nitrogens with one attached hydrogen (secondary N) is 1. The summed E-state index contributed by atoms with van der Waals surface area (Å²) in [5, 5.41) is 4.62. The van der Waals surface area contributed by atoms with Crippen LogP contribution in [0.3, 0.4) is 0 Å². The van der Waals surface area contributed by atoms with Crippen molar-refractivity contribution in [3.05, 3.63) is 46.9 Å². The average Bonchev–Trinajstić information content (AvgIpc) is 2.92. The van der Waals surface area contributed by atoms with Crippen LogP contribution in [-0.4, -0.2) is 5.91 Å². The van der Waals surface area contributed by atoms with Crippen molar-refractivity contribution in [3.63, 3.8) is 0 Å². The lowest BCUT2D eigenvalue weighted by atomic mass is 9.80. The summed E-state index contributed by atoms with van der Waals surface area (Å²) in [7, 11) is 0. The van der Waals surface area contributed by atoms with Crippen LogP contribution in [0, 0.1) is 0 Å². The molecule has 2 nitrogen and oxygen atoms in total. The average molecular weight is 313 g/mol. The maximum Gasteiger partial charge on any atom is 0.244 e. The molecule has 116 valence electrons. The Hall–Kier alpha value is -1.61. The Bertz CT molecular complexity index is 670. The van der Waals surface area contributed by atoms with Crippen LogP contribution in [-0.2, 0) is 10.3 Å². The number of hydrogen-bond acceptors (Lipinski definition) is 2. The minimum Gasteiger partial charge on any atom is -0.342 e. The number of allylic oxidation sites excluding steroid dienone is 1. The van der Waals surface area contributed by atoms with Crippen molar-refractivity contribution in [3.8, 4) is 0 Å². The van der Waals surface area contributed by atoms with E-state index in [4.69, 9.17) is 0 Å². The van der Waals surface area contributed by atoms with Gasteiger partial charge in [0, 0.05) is 15.7 Å². The Morgan fingerprint density at radius 3 is 2.59 bits per heavy atom. The summed E-state index contributed by atoms with van der Waals surface area (Å²) in [6.07, 6.45) is 7.44. The van der Waals surface area contributed by atoms with Crippen LogP contribution in [0.15, 0.2) is 42.0 Å². The molecule has 0 spiro atoms. The van der Waals surface area contributed by atoms with Gasteiger partial charge in [-0.3, -0.25) is 4.79 Å². The first-order valence-electron chi connectivity index (χ1n) is 8.05. The molecule has 1 aromatic heterocycles. The Morgan fingerprint density at radius 1 is 1.18 bits per heavy atom. The van der Waals surface area contributed by atoms with E-state index in [0.29, 0.717) is 0 Å². The monoisotopic (exact) mass is 313 g/mol. The van der Waals surface area contributed by atoms with Gasteiger partial charge in [0.1, 0.15) is 0 Å². The van der Waals surface area contributed by atoms with Gasteiger partial charge in [-0.15, -0.1) is 11.3 Å². The lowest BCUT2D eigenvalue weighted by molar-refractivity contribution is -0.118. The predicted molar refractivity (Wildman–Crippen MR) is 94.2 cm³/mol. The molecule has 0 saturated heterocycles. The molecule has 1 aliphatic rings. The minimum atomic E-state index is -0.176. The van der Waals surface area contributed by atoms with Crippen molar-refractivity contribution in [2.75, 3.05) is 0 Å². The van der Waals surface area contributed by atoms with Crippen LogP contribution in [0.25, 0.3) is 10.1 Å². The number of carbonyl (C=O) groups excluding carboxylic acids is 1. The topological polar surface area (TPSA) is 29.1 Å². The molecule has 0 aliphatic heterocycles. The van der Waals surface area contributed by atoms with E-state index in [9.17, 15) is 4.79 Å². The molecule has 1 fully saturated rings. The van der Waals surface area contributed by atoms with E-state index >= 15 is 0 Å². The number of fused-ring (bicyclic) bond motifs is 1. The molecule has 3 rings (SSSR count). The van der Waals surface area contributed by atoms with Crippen molar-refractivity contribution in [2.24, 2.45) is 0 Å². The molecular weight excluding hydrogens is 290 g/mol. The summed E-state index contributed by atoms with van der Waals surface area (Å²) >= 11 is 1.83. The molecule has 3 heteroatoms. The molecule has 1 amide bonds. The predicted octanol–water partition coefficient (Wildman–Crippen LogP) is 5.14. The van der Waals surface area contributed by atoms with E-state index in [1.807, 2.05) is 25.2 Å². The van der Waals surface area contributed by atoms with Crippen LogP contribution < -0.4 is 5.32 Å². The molecule has 1 heterocycles. The zero-order valence-electron chi connectivity index (χ0n) is 13.3. The summed E-state index contributed by atoms with van der Waals surface area (Å²) in [4.78, 5) is 13.6. The van der Waals surface area contributed by atoms with E-state index in [2.05, 4.69) is 35.6 Å². The highest BCUT2D eigenvalue weighted by Gasteiger charge is 2.36. The van der Waals surface area contributed by atoms with Gasteiger partial charge in [-0.05, 0) is 44.2 Å². The maximum atomic E-state index is 12.3. The Balaban J connectivity index is 1.98. The van der Waals surface area contributed by atoms with E-state index < -0.39 is 0 Å². The largest absolute Gasteiger partial charge is 0.342 e. The third-order valence-corrected chi connectivity index (χ3v) is 5.71. The fourth-order valence-corrected chi connectivity index (χ4v) is 4.60. The number of rotatable bonds is 3. The quantitative estimate of drug-likeness (QED) is 0.781. The Labute approximate surface area is 136 Å². The van der Waals surface area contributed by atoms with E-state index in [1.165, 1.54) is 34.2 Å². The van der Waals surface area contributed by atoms with Gasteiger partial charge in [-0.25, -0.2) is 0 Å². The number of benzene rings is 1. The van der Waals surface area contributed by atoms with Gasteiger partial charge in [0.25, 0.3) is 0 Å². The van der Waals surface area contributed by atoms with Crippen molar-refractivity contribution in [1.29, 1.82) is 0 Å². The fraction of sp³-hybridized carbons (Fsp3) is 0.421. The molecule has 0 atom stereocenters. The van der Waals surface area contributed by atoms with Crippen LogP contribution in [0.1, 0.15) is 50.8 Å². The van der Waals surface area contributed by atoms with Crippen LogP contribution in [0.2, 0.25) is 0 Å². The zero-order valence-corrected chi connectivity index (χ0v) is 14.1. The maximum absolute atomic E-state index is 12.3. The smallest absolute Gasteiger partial charge is 0.244 e. The second kappa shape index (κ2) is 6.25. The van der Waals surface area contributed by atoms with Gasteiger partial charge in [0.05, 0.1) is 5.54 Å². The van der Waals surface area contributed by atoms with Crippen LogP contribution in [0.5, 0.6) is 0 Å². The van der Waals surface area contributed by atoms with Gasteiger partial charge in [-0.2, -0.15) is 0 Å². The van der Waals surface area contributed by atoms with E-state index in [-0.39, 0.29) is 11.4 Å². The summed E-state index contributed by atoms with van der Waals surface area (Å²) in [5.41, 5.74) is 0.866. The summed E-state index contributed by atoms with van der Waals surface area (Å²) in [5.74, 6) is 0.0411. The molecule has 2 aromatic rings. The van der Waals surface area contributed by atoms with Gasteiger partial charge >= 0.3 is 0 Å². The third-order valence-electron chi connectivity index (χ3n) is 4.39. The summed E-state index contributed by atoms with van der Waals surface area (Å²) < 4.78 is 1.30. The zero-order chi connectivity index (χ0) is 15.6. The first-order valence-corrected chi connectivity index (χ1v) is 8.87. The molecule has 1 aliphatic carbocycles. The number of carbonyl (C=O) groups is 1. The van der Waals surface area contributed by atoms with E-state index in [1.54, 1.807) is 6.08 Å². The SMILES string of the molecule is CC(C)=CC(=O)NC1(c2cc3ccccc3s2)CCCCC1. The highest BCUT2D eigenvalue weighted by molar-refractivity contribution is 7.19. The van der Waals surface area contributed by atoms with Gasteiger partial charge in [0.2, 0.25) is 5.91 Å². The second-order valence-corrected chi connectivity index (χ2v) is 7.59. The molecule has 1 saturated carbocycles. The normalized spacial score (nSPS) is 17.2. The standard InChI is InChI=1S/C19H23NOS/c1-14(2)12-18(21)20-19(10-6-3-7-11-19)17-13-15-8-4-5-9-16(15)22-17/h4-5,8-9,12-13H,3,6-7,10-11H2,1-2H3,(H,20,21). The molecule has 0 radical (unpaired) electrons. The number of thiophene rings is 1. The van der Waals surface area contributed by atoms with Gasteiger partial charge < -0.3 is 5.32 Å². The fourth-order valence-electron chi connectivity index (χ4n) is 3.34. The molecule has 0 unspecified atom stereocenters. The first-order chi connectivity index (χ1) is 10.6. The molecule has 1 N–H and O–H groups in total. The van der Waals surface area contributed by atoms with Crippen molar-refractivity contribution >= 4 is 27.3 Å². The van der Waals surface area contributed by atoms with E-state index in [0.717, 1.165) is 18.4 Å². The lowest BCUT2D eigenvalue weighted by Gasteiger charge is -2.37. The highest BCUT2D eigenvalue weighted by atomic mass is 32.1. The van der Waals surface area contributed by atoms with Crippen molar-refractivity contribution in [2.45, 2.75) is 51.5 Å². The third kappa shape index (κ3) is 3.09. The van der Waals surface area contributed by atoms with Crippen LogP contribution >= 0.6 is 11.3 Å². The summed E-state index contributed by atoms with van der Waals surface area (Å²) in [6.45, 7) is 3.93. The Kier molecular flexibility index (Phi) is 4.34. The molecular formula is C19H23NOS. The highest BCUT2D eigenvalue weighted by Crippen LogP contribution is 2.42. The van der Waals surface area contributed by atoms with Crippen LogP contribution in [0.4, 0.5) is 0 Å².